The Morgan fingerprint density at radius 1 is 1.33 bits per heavy atom. The van der Waals surface area contributed by atoms with E-state index in [1.807, 2.05) is 12.3 Å². The molecule has 0 radical (unpaired) electrons. The molecule has 100 valence electrons. The Morgan fingerprint density at radius 2 is 2.11 bits per heavy atom. The molecule has 0 aliphatic carbocycles. The molecule has 0 saturated carbocycles. The Hall–Kier alpha value is -0.970. The summed E-state index contributed by atoms with van der Waals surface area (Å²) in [5.41, 5.74) is 1.18. The van der Waals surface area contributed by atoms with Gasteiger partial charge >= 0.3 is 0 Å². The van der Waals surface area contributed by atoms with Crippen molar-refractivity contribution >= 4 is 0 Å². The first-order chi connectivity index (χ1) is 8.77. The Kier molecular flexibility index (Phi) is 5.11. The van der Waals surface area contributed by atoms with Gasteiger partial charge in [0.1, 0.15) is 0 Å². The zero-order chi connectivity index (χ0) is 12.8. The molecule has 0 aromatic carbocycles. The molecule has 1 aliphatic rings. The molecule has 1 aromatic rings. The summed E-state index contributed by atoms with van der Waals surface area (Å²) in [6, 6.07) is 6.60. The highest BCUT2D eigenvalue weighted by molar-refractivity contribution is 5.08. The highest BCUT2D eigenvalue weighted by Crippen LogP contribution is 2.19. The van der Waals surface area contributed by atoms with Crippen LogP contribution >= 0.6 is 0 Å². The van der Waals surface area contributed by atoms with E-state index in [2.05, 4.69) is 46.3 Å². The Morgan fingerprint density at radius 3 is 2.72 bits per heavy atom. The van der Waals surface area contributed by atoms with E-state index in [4.69, 9.17) is 0 Å². The third kappa shape index (κ3) is 3.77. The molecule has 4 heteroatoms. The van der Waals surface area contributed by atoms with Crippen molar-refractivity contribution in [3.05, 3.63) is 30.1 Å². The number of piperazine rings is 1. The largest absolute Gasteiger partial charge is 0.314 e. The topological polar surface area (TPSA) is 31.4 Å². The lowest BCUT2D eigenvalue weighted by molar-refractivity contribution is 0.197. The molecular formula is C14H24N4. The highest BCUT2D eigenvalue weighted by Gasteiger charge is 2.17. The fraction of sp³-hybridized carbons (Fsp3) is 0.643. The number of hydrogen-bond acceptors (Lipinski definition) is 4. The van der Waals surface area contributed by atoms with E-state index in [1.54, 1.807) is 0 Å². The maximum Gasteiger partial charge on any atom is 0.0575 e. The van der Waals surface area contributed by atoms with Crippen LogP contribution < -0.4 is 5.32 Å². The lowest BCUT2D eigenvalue weighted by atomic mass is 10.1. The smallest absolute Gasteiger partial charge is 0.0575 e. The average Bonchev–Trinajstić information content (AvgIpc) is 2.41. The monoisotopic (exact) mass is 248 g/mol. The maximum atomic E-state index is 4.49. The first kappa shape index (κ1) is 13.5. The maximum absolute atomic E-state index is 4.49. The van der Waals surface area contributed by atoms with Gasteiger partial charge in [0.05, 0.1) is 11.7 Å². The second-order valence-electron chi connectivity index (χ2n) is 5.11. The first-order valence-corrected chi connectivity index (χ1v) is 6.78. The van der Waals surface area contributed by atoms with Crippen molar-refractivity contribution in [2.75, 3.05) is 46.8 Å². The highest BCUT2D eigenvalue weighted by atomic mass is 15.2. The first-order valence-electron chi connectivity index (χ1n) is 6.78. The molecule has 1 N–H and O–H groups in total. The van der Waals surface area contributed by atoms with Gasteiger partial charge in [-0.1, -0.05) is 6.07 Å². The van der Waals surface area contributed by atoms with Gasteiger partial charge in [0.15, 0.2) is 0 Å². The van der Waals surface area contributed by atoms with Gasteiger partial charge in [-0.15, -0.1) is 0 Å². The van der Waals surface area contributed by atoms with Crippen molar-refractivity contribution in [2.45, 2.75) is 12.5 Å². The summed E-state index contributed by atoms with van der Waals surface area (Å²) >= 11 is 0. The molecule has 0 amide bonds. The predicted octanol–water partition coefficient (Wildman–Crippen LogP) is 0.980. The van der Waals surface area contributed by atoms with Crippen LogP contribution in [0.4, 0.5) is 0 Å². The summed E-state index contributed by atoms with van der Waals surface area (Å²) < 4.78 is 0. The van der Waals surface area contributed by atoms with Crippen molar-refractivity contribution < 1.29 is 0 Å². The summed E-state index contributed by atoms with van der Waals surface area (Å²) in [6.07, 6.45) is 3.03. The van der Waals surface area contributed by atoms with E-state index in [9.17, 15) is 0 Å². The van der Waals surface area contributed by atoms with Gasteiger partial charge in [-0.2, -0.15) is 0 Å². The summed E-state index contributed by atoms with van der Waals surface area (Å²) in [6.45, 7) is 5.73. The molecule has 1 fully saturated rings. The van der Waals surface area contributed by atoms with E-state index >= 15 is 0 Å². The second kappa shape index (κ2) is 6.83. The van der Waals surface area contributed by atoms with E-state index in [0.717, 1.165) is 26.1 Å². The summed E-state index contributed by atoms with van der Waals surface area (Å²) in [7, 11) is 4.27. The van der Waals surface area contributed by atoms with E-state index in [-0.39, 0.29) is 0 Å². The van der Waals surface area contributed by atoms with E-state index in [1.165, 1.54) is 18.8 Å². The van der Waals surface area contributed by atoms with Crippen molar-refractivity contribution in [1.29, 1.82) is 0 Å². The third-order valence-corrected chi connectivity index (χ3v) is 3.58. The zero-order valence-electron chi connectivity index (χ0n) is 11.5. The molecule has 4 nitrogen and oxygen atoms in total. The van der Waals surface area contributed by atoms with Gasteiger partial charge < -0.3 is 15.1 Å². The fourth-order valence-corrected chi connectivity index (χ4v) is 2.48. The second-order valence-corrected chi connectivity index (χ2v) is 5.11. The van der Waals surface area contributed by atoms with Crippen molar-refractivity contribution in [1.82, 2.24) is 20.1 Å². The molecule has 2 heterocycles. The Bertz CT molecular complexity index is 333. The molecule has 0 spiro atoms. The zero-order valence-corrected chi connectivity index (χ0v) is 11.5. The number of rotatable bonds is 5. The number of hydrogen-bond donors (Lipinski definition) is 1. The molecule has 1 aromatic heterocycles. The van der Waals surface area contributed by atoms with Crippen LogP contribution in [-0.4, -0.2) is 61.6 Å². The molecule has 2 rings (SSSR count). The molecular weight excluding hydrogens is 224 g/mol. The van der Waals surface area contributed by atoms with Gasteiger partial charge in [-0.05, 0) is 32.6 Å². The van der Waals surface area contributed by atoms with Crippen LogP contribution in [0.15, 0.2) is 24.4 Å². The lowest BCUT2D eigenvalue weighted by Crippen LogP contribution is -2.44. The minimum atomic E-state index is 0.418. The Labute approximate surface area is 110 Å². The minimum Gasteiger partial charge on any atom is -0.314 e. The number of nitrogens with zero attached hydrogens (tertiary/aromatic N) is 3. The van der Waals surface area contributed by atoms with E-state index in [0.29, 0.717) is 6.04 Å². The van der Waals surface area contributed by atoms with Crippen LogP contribution in [0, 0.1) is 0 Å². The number of nitrogens with one attached hydrogen (secondary N) is 1. The van der Waals surface area contributed by atoms with Crippen molar-refractivity contribution in [3.8, 4) is 0 Å². The molecule has 1 saturated heterocycles. The summed E-state index contributed by atoms with van der Waals surface area (Å²) in [5, 5.41) is 3.39. The van der Waals surface area contributed by atoms with Crippen LogP contribution in [-0.2, 0) is 0 Å². The minimum absolute atomic E-state index is 0.418. The summed E-state index contributed by atoms with van der Waals surface area (Å²) in [5.74, 6) is 0. The quantitative estimate of drug-likeness (QED) is 0.842. The predicted molar refractivity (Wildman–Crippen MR) is 74.6 cm³/mol. The molecule has 1 unspecified atom stereocenters. The molecule has 1 atom stereocenters. The fourth-order valence-electron chi connectivity index (χ4n) is 2.48. The van der Waals surface area contributed by atoms with Crippen LogP contribution in [0.25, 0.3) is 0 Å². The van der Waals surface area contributed by atoms with Crippen LogP contribution in [0.3, 0.4) is 0 Å². The standard InChI is InChI=1S/C14H24N4/c1-17(2)14(13-5-3-4-7-16-13)6-10-18-11-8-15-9-12-18/h3-5,7,14-15H,6,8-12H2,1-2H3. The molecule has 0 bridgehead atoms. The Balaban J connectivity index is 1.90. The van der Waals surface area contributed by atoms with Gasteiger partial charge in [-0.3, -0.25) is 4.98 Å². The normalized spacial score (nSPS) is 19.1. The van der Waals surface area contributed by atoms with Gasteiger partial charge in [0.2, 0.25) is 0 Å². The molecule has 1 aliphatic heterocycles. The van der Waals surface area contributed by atoms with Gasteiger partial charge in [0, 0.05) is 38.9 Å². The van der Waals surface area contributed by atoms with Crippen LogP contribution in [0.5, 0.6) is 0 Å². The van der Waals surface area contributed by atoms with E-state index < -0.39 is 0 Å². The summed E-state index contributed by atoms with van der Waals surface area (Å²) in [4.78, 5) is 9.30. The number of pyridine rings is 1. The lowest BCUT2D eigenvalue weighted by Gasteiger charge is -2.30. The van der Waals surface area contributed by atoms with Crippen LogP contribution in [0.1, 0.15) is 18.2 Å². The molecule has 18 heavy (non-hydrogen) atoms. The van der Waals surface area contributed by atoms with Gasteiger partial charge in [-0.25, -0.2) is 0 Å². The van der Waals surface area contributed by atoms with Crippen LogP contribution in [0.2, 0.25) is 0 Å². The third-order valence-electron chi connectivity index (χ3n) is 3.58. The SMILES string of the molecule is CN(C)C(CCN1CCNCC1)c1ccccn1. The van der Waals surface area contributed by atoms with Crippen molar-refractivity contribution in [3.63, 3.8) is 0 Å². The van der Waals surface area contributed by atoms with Gasteiger partial charge in [0.25, 0.3) is 0 Å². The van der Waals surface area contributed by atoms with Crippen molar-refractivity contribution in [2.24, 2.45) is 0 Å². The average molecular weight is 248 g/mol. The number of aromatic nitrogens is 1.